The third-order valence-electron chi connectivity index (χ3n) is 3.34. The first-order valence-electron chi connectivity index (χ1n) is 6.68. The SMILES string of the molecule is COc1ccccc1CNc1cccc2cc(Br)cnc12. The highest BCUT2D eigenvalue weighted by Crippen LogP contribution is 2.25. The predicted molar refractivity (Wildman–Crippen MR) is 89.8 cm³/mol. The Labute approximate surface area is 132 Å². The van der Waals surface area contributed by atoms with Gasteiger partial charge >= 0.3 is 0 Å². The van der Waals surface area contributed by atoms with Crippen LogP contribution in [0.15, 0.2) is 59.2 Å². The Morgan fingerprint density at radius 2 is 2.00 bits per heavy atom. The number of para-hydroxylation sites is 2. The van der Waals surface area contributed by atoms with E-state index in [1.807, 2.05) is 36.5 Å². The second-order valence-corrected chi connectivity index (χ2v) is 5.61. The maximum Gasteiger partial charge on any atom is 0.123 e. The normalized spacial score (nSPS) is 10.6. The number of ether oxygens (including phenoxy) is 1. The van der Waals surface area contributed by atoms with Crippen molar-refractivity contribution in [2.75, 3.05) is 12.4 Å². The van der Waals surface area contributed by atoms with E-state index in [2.05, 4.69) is 44.4 Å². The number of aromatic nitrogens is 1. The minimum Gasteiger partial charge on any atom is -0.496 e. The Morgan fingerprint density at radius 3 is 2.86 bits per heavy atom. The predicted octanol–water partition coefficient (Wildman–Crippen LogP) is 4.62. The Kier molecular flexibility index (Phi) is 4.06. The van der Waals surface area contributed by atoms with Gasteiger partial charge in [0.2, 0.25) is 0 Å². The van der Waals surface area contributed by atoms with Crippen LogP contribution in [0.5, 0.6) is 5.75 Å². The van der Waals surface area contributed by atoms with Crippen molar-refractivity contribution in [2.45, 2.75) is 6.54 Å². The standard InChI is InChI=1S/C17H15BrN2O/c1-21-16-8-3-2-5-13(16)10-19-15-7-4-6-12-9-14(18)11-20-17(12)15/h2-9,11,19H,10H2,1H3. The molecule has 3 nitrogen and oxygen atoms in total. The molecule has 3 aromatic rings. The lowest BCUT2D eigenvalue weighted by Gasteiger charge is -2.12. The summed E-state index contributed by atoms with van der Waals surface area (Å²) >= 11 is 3.45. The van der Waals surface area contributed by atoms with E-state index in [-0.39, 0.29) is 0 Å². The van der Waals surface area contributed by atoms with E-state index in [0.29, 0.717) is 6.54 Å². The lowest BCUT2D eigenvalue weighted by Crippen LogP contribution is -2.02. The summed E-state index contributed by atoms with van der Waals surface area (Å²) in [6, 6.07) is 16.2. The zero-order valence-electron chi connectivity index (χ0n) is 11.6. The van der Waals surface area contributed by atoms with Crippen molar-refractivity contribution >= 4 is 32.5 Å². The molecule has 1 N–H and O–H groups in total. The summed E-state index contributed by atoms with van der Waals surface area (Å²) < 4.78 is 6.36. The molecule has 0 amide bonds. The molecule has 0 radical (unpaired) electrons. The number of pyridine rings is 1. The minimum absolute atomic E-state index is 0.695. The molecule has 0 spiro atoms. The van der Waals surface area contributed by atoms with Crippen molar-refractivity contribution in [3.05, 3.63) is 64.8 Å². The summed E-state index contributed by atoms with van der Waals surface area (Å²) in [7, 11) is 1.69. The van der Waals surface area contributed by atoms with Crippen LogP contribution in [0.4, 0.5) is 5.69 Å². The fraction of sp³-hybridized carbons (Fsp3) is 0.118. The van der Waals surface area contributed by atoms with Gasteiger partial charge in [0, 0.05) is 28.2 Å². The number of nitrogens with one attached hydrogen (secondary N) is 1. The molecule has 0 saturated heterocycles. The summed E-state index contributed by atoms with van der Waals surface area (Å²) in [5.74, 6) is 0.890. The number of hydrogen-bond acceptors (Lipinski definition) is 3. The molecule has 1 aromatic heterocycles. The van der Waals surface area contributed by atoms with Crippen LogP contribution in [0.3, 0.4) is 0 Å². The van der Waals surface area contributed by atoms with Gasteiger partial charge in [0.05, 0.1) is 18.3 Å². The van der Waals surface area contributed by atoms with E-state index in [0.717, 1.165) is 32.4 Å². The van der Waals surface area contributed by atoms with Crippen molar-refractivity contribution in [3.8, 4) is 5.75 Å². The van der Waals surface area contributed by atoms with Crippen molar-refractivity contribution in [3.63, 3.8) is 0 Å². The zero-order valence-corrected chi connectivity index (χ0v) is 13.2. The van der Waals surface area contributed by atoms with Crippen LogP contribution in [0.1, 0.15) is 5.56 Å². The molecule has 0 aliphatic rings. The van der Waals surface area contributed by atoms with E-state index in [9.17, 15) is 0 Å². The fourth-order valence-electron chi connectivity index (χ4n) is 2.32. The molecule has 0 saturated carbocycles. The smallest absolute Gasteiger partial charge is 0.123 e. The molecule has 0 aliphatic carbocycles. The molecule has 4 heteroatoms. The average Bonchev–Trinajstić information content (AvgIpc) is 2.52. The van der Waals surface area contributed by atoms with Crippen LogP contribution < -0.4 is 10.1 Å². The molecular weight excluding hydrogens is 328 g/mol. The van der Waals surface area contributed by atoms with E-state index < -0.39 is 0 Å². The first-order valence-corrected chi connectivity index (χ1v) is 7.47. The summed E-state index contributed by atoms with van der Waals surface area (Å²) in [5, 5.41) is 4.55. The number of hydrogen-bond donors (Lipinski definition) is 1. The number of rotatable bonds is 4. The lowest BCUT2D eigenvalue weighted by molar-refractivity contribution is 0.410. The maximum atomic E-state index is 5.38. The van der Waals surface area contributed by atoms with E-state index in [1.165, 1.54) is 0 Å². The topological polar surface area (TPSA) is 34.1 Å². The minimum atomic E-state index is 0.695. The molecule has 0 fully saturated rings. The Morgan fingerprint density at radius 1 is 1.14 bits per heavy atom. The van der Waals surface area contributed by atoms with Gasteiger partial charge in [-0.15, -0.1) is 0 Å². The number of benzene rings is 2. The van der Waals surface area contributed by atoms with E-state index in [4.69, 9.17) is 4.74 Å². The molecule has 0 aliphatic heterocycles. The van der Waals surface area contributed by atoms with Crippen LogP contribution in [0.2, 0.25) is 0 Å². The molecule has 0 bridgehead atoms. The largest absolute Gasteiger partial charge is 0.496 e. The van der Waals surface area contributed by atoms with E-state index >= 15 is 0 Å². The van der Waals surface area contributed by atoms with Crippen LogP contribution >= 0.6 is 15.9 Å². The molecule has 3 rings (SSSR count). The van der Waals surface area contributed by atoms with Gasteiger partial charge in [-0.3, -0.25) is 4.98 Å². The maximum absolute atomic E-state index is 5.38. The first kappa shape index (κ1) is 13.9. The van der Waals surface area contributed by atoms with Gasteiger partial charge in [0.25, 0.3) is 0 Å². The average molecular weight is 343 g/mol. The summed E-state index contributed by atoms with van der Waals surface area (Å²) in [4.78, 5) is 4.49. The van der Waals surface area contributed by atoms with Gasteiger partial charge < -0.3 is 10.1 Å². The Hall–Kier alpha value is -2.07. The number of halogens is 1. The van der Waals surface area contributed by atoms with Gasteiger partial charge in [-0.25, -0.2) is 0 Å². The molecule has 106 valence electrons. The molecule has 2 aromatic carbocycles. The highest BCUT2D eigenvalue weighted by molar-refractivity contribution is 9.10. The molecule has 0 unspecified atom stereocenters. The van der Waals surface area contributed by atoms with Crippen molar-refractivity contribution in [2.24, 2.45) is 0 Å². The number of fused-ring (bicyclic) bond motifs is 1. The van der Waals surface area contributed by atoms with Gasteiger partial charge in [-0.05, 0) is 34.1 Å². The summed E-state index contributed by atoms with van der Waals surface area (Å²) in [6.45, 7) is 0.695. The second kappa shape index (κ2) is 6.14. The zero-order chi connectivity index (χ0) is 14.7. The Balaban J connectivity index is 1.88. The highest BCUT2D eigenvalue weighted by atomic mass is 79.9. The van der Waals surface area contributed by atoms with Gasteiger partial charge in [0.15, 0.2) is 0 Å². The van der Waals surface area contributed by atoms with Crippen molar-refractivity contribution < 1.29 is 4.74 Å². The summed E-state index contributed by atoms with van der Waals surface area (Å²) in [6.07, 6.45) is 1.82. The van der Waals surface area contributed by atoms with Crippen LogP contribution in [-0.4, -0.2) is 12.1 Å². The van der Waals surface area contributed by atoms with Crippen molar-refractivity contribution in [1.82, 2.24) is 4.98 Å². The molecule has 1 heterocycles. The van der Waals surface area contributed by atoms with Gasteiger partial charge in [0.1, 0.15) is 5.75 Å². The third kappa shape index (κ3) is 3.00. The summed E-state index contributed by atoms with van der Waals surface area (Å²) in [5.41, 5.74) is 3.11. The quantitative estimate of drug-likeness (QED) is 0.751. The lowest BCUT2D eigenvalue weighted by atomic mass is 10.1. The van der Waals surface area contributed by atoms with Gasteiger partial charge in [-0.2, -0.15) is 0 Å². The van der Waals surface area contributed by atoms with Crippen LogP contribution in [0, 0.1) is 0 Å². The molecule has 21 heavy (non-hydrogen) atoms. The van der Waals surface area contributed by atoms with Gasteiger partial charge in [-0.1, -0.05) is 30.3 Å². The van der Waals surface area contributed by atoms with Crippen molar-refractivity contribution in [1.29, 1.82) is 0 Å². The fourth-order valence-corrected chi connectivity index (χ4v) is 2.67. The van der Waals surface area contributed by atoms with Crippen LogP contribution in [-0.2, 0) is 6.54 Å². The number of anilines is 1. The molecule has 0 atom stereocenters. The molecular formula is C17H15BrN2O. The van der Waals surface area contributed by atoms with Crippen LogP contribution in [0.25, 0.3) is 10.9 Å². The second-order valence-electron chi connectivity index (χ2n) is 4.70. The Bertz CT molecular complexity index is 774. The third-order valence-corrected chi connectivity index (χ3v) is 3.77. The first-order chi connectivity index (χ1) is 10.3. The number of methoxy groups -OCH3 is 1. The monoisotopic (exact) mass is 342 g/mol. The number of nitrogens with zero attached hydrogens (tertiary/aromatic N) is 1. The van der Waals surface area contributed by atoms with E-state index in [1.54, 1.807) is 7.11 Å². The highest BCUT2D eigenvalue weighted by Gasteiger charge is 2.05.